The molecule has 0 radical (unpaired) electrons. The van der Waals surface area contributed by atoms with Crippen LogP contribution in [0.4, 0.5) is 0 Å². The first-order valence-corrected chi connectivity index (χ1v) is 9.38. The minimum Gasteiger partial charge on any atom is -0.481 e. The number of carbonyl (C=O) groups excluding carboxylic acids is 1. The predicted octanol–water partition coefficient (Wildman–Crippen LogP) is 2.79. The quantitative estimate of drug-likeness (QED) is 0.826. The van der Waals surface area contributed by atoms with E-state index in [1.165, 1.54) is 0 Å². The molecule has 26 heavy (non-hydrogen) atoms. The summed E-state index contributed by atoms with van der Waals surface area (Å²) in [4.78, 5) is 28.8. The fourth-order valence-electron chi connectivity index (χ4n) is 4.73. The number of fused-ring (bicyclic) bond motifs is 1. The molecule has 0 bridgehead atoms. The van der Waals surface area contributed by atoms with E-state index in [-0.39, 0.29) is 24.2 Å². The van der Waals surface area contributed by atoms with Crippen LogP contribution < -0.4 is 0 Å². The van der Waals surface area contributed by atoms with Crippen LogP contribution in [0.2, 0.25) is 0 Å². The molecule has 3 aliphatic rings. The zero-order valence-electron chi connectivity index (χ0n) is 15.0. The highest BCUT2D eigenvalue weighted by Gasteiger charge is 2.55. The Kier molecular flexibility index (Phi) is 5.58. The Hall–Kier alpha value is -1.59. The zero-order chi connectivity index (χ0) is 17.4. The first-order chi connectivity index (χ1) is 12.1. The molecular weight excluding hydrogens is 352 g/mol. The molecule has 1 N–H and O–H groups in total. The van der Waals surface area contributed by atoms with Crippen molar-refractivity contribution in [3.05, 3.63) is 35.9 Å². The summed E-state index contributed by atoms with van der Waals surface area (Å²) in [5.74, 6) is -0.318. The Balaban J connectivity index is 0.00000196. The van der Waals surface area contributed by atoms with E-state index in [1.54, 1.807) is 0 Å². The van der Waals surface area contributed by atoms with E-state index >= 15 is 0 Å². The maximum Gasteiger partial charge on any atom is 0.311 e. The number of benzene rings is 1. The largest absolute Gasteiger partial charge is 0.481 e. The van der Waals surface area contributed by atoms with Gasteiger partial charge in [-0.25, -0.2) is 0 Å². The summed E-state index contributed by atoms with van der Waals surface area (Å²) in [6.45, 7) is 2.30. The van der Waals surface area contributed by atoms with Gasteiger partial charge < -0.3 is 10.0 Å². The third-order valence-corrected chi connectivity index (χ3v) is 6.23. The average molecular weight is 379 g/mol. The molecule has 2 aliphatic carbocycles. The number of carbonyl (C=O) groups is 2. The van der Waals surface area contributed by atoms with Gasteiger partial charge in [0.05, 0.1) is 12.0 Å². The molecule has 1 aromatic carbocycles. The van der Waals surface area contributed by atoms with Crippen molar-refractivity contribution in [2.45, 2.75) is 44.7 Å². The molecule has 2 atom stereocenters. The summed E-state index contributed by atoms with van der Waals surface area (Å²) < 4.78 is 0. The third kappa shape index (κ3) is 3.60. The lowest BCUT2D eigenvalue weighted by Gasteiger charge is -2.27. The lowest BCUT2D eigenvalue weighted by atomic mass is 9.81. The number of aliphatic carboxylic acids is 1. The molecule has 1 amide bonds. The molecule has 5 nitrogen and oxygen atoms in total. The van der Waals surface area contributed by atoms with Crippen molar-refractivity contribution in [3.63, 3.8) is 0 Å². The Morgan fingerprint density at radius 2 is 1.92 bits per heavy atom. The average Bonchev–Trinajstić information content (AvgIpc) is 3.25. The van der Waals surface area contributed by atoms with Gasteiger partial charge in [0.2, 0.25) is 5.91 Å². The van der Waals surface area contributed by atoms with Gasteiger partial charge in [0.1, 0.15) is 0 Å². The van der Waals surface area contributed by atoms with E-state index in [2.05, 4.69) is 17.0 Å². The molecule has 1 heterocycles. The maximum absolute atomic E-state index is 12.9. The molecule has 0 unspecified atom stereocenters. The summed E-state index contributed by atoms with van der Waals surface area (Å²) in [6.07, 6.45) is 4.91. The van der Waals surface area contributed by atoms with Crippen LogP contribution in [0.1, 0.15) is 37.7 Å². The number of likely N-dealkylation sites (tertiary alicyclic amines) is 1. The normalized spacial score (nSPS) is 27.6. The van der Waals surface area contributed by atoms with Crippen molar-refractivity contribution in [2.75, 3.05) is 19.6 Å². The van der Waals surface area contributed by atoms with Gasteiger partial charge in [0.25, 0.3) is 0 Å². The van der Waals surface area contributed by atoms with Gasteiger partial charge in [-0.3, -0.25) is 14.5 Å². The molecule has 0 aromatic heterocycles. The lowest BCUT2D eigenvalue weighted by Crippen LogP contribution is -2.42. The van der Waals surface area contributed by atoms with Crippen molar-refractivity contribution >= 4 is 24.3 Å². The molecular formula is C20H27ClN2O3. The molecule has 3 fully saturated rings. The van der Waals surface area contributed by atoms with Crippen molar-refractivity contribution in [1.82, 2.24) is 9.80 Å². The second-order valence-corrected chi connectivity index (χ2v) is 7.96. The van der Waals surface area contributed by atoms with Crippen LogP contribution in [0.15, 0.2) is 30.3 Å². The lowest BCUT2D eigenvalue weighted by molar-refractivity contribution is -0.149. The number of hydrogen-bond donors (Lipinski definition) is 1. The summed E-state index contributed by atoms with van der Waals surface area (Å²) in [6, 6.07) is 10.5. The Bertz CT molecular complexity index is 664. The van der Waals surface area contributed by atoms with E-state index in [0.29, 0.717) is 25.7 Å². The zero-order valence-corrected chi connectivity index (χ0v) is 15.8. The van der Waals surface area contributed by atoms with E-state index in [9.17, 15) is 14.7 Å². The number of carboxylic acid groups (broad SMARTS) is 1. The van der Waals surface area contributed by atoms with E-state index in [4.69, 9.17) is 0 Å². The molecule has 1 saturated heterocycles. The van der Waals surface area contributed by atoms with Gasteiger partial charge in [0, 0.05) is 25.7 Å². The minimum absolute atomic E-state index is 0. The molecule has 142 valence electrons. The second-order valence-electron chi connectivity index (χ2n) is 7.96. The van der Waals surface area contributed by atoms with Crippen molar-refractivity contribution in [2.24, 2.45) is 11.3 Å². The van der Waals surface area contributed by atoms with E-state index in [0.717, 1.165) is 44.2 Å². The highest BCUT2D eigenvalue weighted by atomic mass is 35.5. The van der Waals surface area contributed by atoms with E-state index < -0.39 is 11.4 Å². The summed E-state index contributed by atoms with van der Waals surface area (Å²) >= 11 is 0. The predicted molar refractivity (Wildman–Crippen MR) is 101 cm³/mol. The number of amides is 1. The van der Waals surface area contributed by atoms with Gasteiger partial charge in [-0.1, -0.05) is 36.8 Å². The Morgan fingerprint density at radius 1 is 1.19 bits per heavy atom. The standard InChI is InChI=1S/C20H26N2O3.ClH/c23-18(22(17-8-9-17)11-15-5-2-1-3-6-15)13-21-12-16-7-4-10-20(16,14-21)19(24)25;/h1-3,5-6,16-17H,4,7-14H2,(H,24,25);1H/t16-,20+;/m0./s1. The van der Waals surface area contributed by atoms with Crippen LogP contribution in [0, 0.1) is 11.3 Å². The van der Waals surface area contributed by atoms with Crippen LogP contribution in [-0.2, 0) is 16.1 Å². The summed E-state index contributed by atoms with van der Waals surface area (Å²) in [7, 11) is 0. The van der Waals surface area contributed by atoms with Crippen LogP contribution in [0.3, 0.4) is 0 Å². The van der Waals surface area contributed by atoms with Crippen LogP contribution in [0.25, 0.3) is 0 Å². The summed E-state index contributed by atoms with van der Waals surface area (Å²) in [5.41, 5.74) is 0.549. The molecule has 6 heteroatoms. The van der Waals surface area contributed by atoms with Crippen LogP contribution in [0.5, 0.6) is 0 Å². The topological polar surface area (TPSA) is 60.9 Å². The van der Waals surface area contributed by atoms with Gasteiger partial charge in [-0.05, 0) is 37.2 Å². The monoisotopic (exact) mass is 378 g/mol. The van der Waals surface area contributed by atoms with Gasteiger partial charge in [-0.15, -0.1) is 12.4 Å². The first-order valence-electron chi connectivity index (χ1n) is 9.38. The Morgan fingerprint density at radius 3 is 2.54 bits per heavy atom. The SMILES string of the molecule is Cl.O=C(CN1C[C@@H]2CCC[C@@]2(C(=O)O)C1)N(Cc1ccccc1)C1CC1. The fourth-order valence-corrected chi connectivity index (χ4v) is 4.73. The minimum atomic E-state index is -0.673. The van der Waals surface area contributed by atoms with Crippen LogP contribution >= 0.6 is 12.4 Å². The van der Waals surface area contributed by atoms with Crippen molar-refractivity contribution in [3.8, 4) is 0 Å². The molecule has 1 aliphatic heterocycles. The fraction of sp³-hybridized carbons (Fsp3) is 0.600. The second kappa shape index (κ2) is 7.57. The third-order valence-electron chi connectivity index (χ3n) is 6.23. The van der Waals surface area contributed by atoms with E-state index in [1.807, 2.05) is 23.1 Å². The number of carboxylic acids is 1. The highest BCUT2D eigenvalue weighted by molar-refractivity contribution is 5.85. The molecule has 0 spiro atoms. The van der Waals surface area contributed by atoms with Gasteiger partial charge in [-0.2, -0.15) is 0 Å². The maximum atomic E-state index is 12.9. The molecule has 2 saturated carbocycles. The van der Waals surface area contributed by atoms with Crippen LogP contribution in [-0.4, -0.2) is 52.5 Å². The summed E-state index contributed by atoms with van der Waals surface area (Å²) in [5, 5.41) is 9.71. The first kappa shape index (κ1) is 19.2. The van der Waals surface area contributed by atoms with Crippen molar-refractivity contribution < 1.29 is 14.7 Å². The number of hydrogen-bond acceptors (Lipinski definition) is 3. The van der Waals surface area contributed by atoms with Gasteiger partial charge >= 0.3 is 5.97 Å². The smallest absolute Gasteiger partial charge is 0.311 e. The van der Waals surface area contributed by atoms with Crippen molar-refractivity contribution in [1.29, 1.82) is 0 Å². The number of nitrogens with zero attached hydrogens (tertiary/aromatic N) is 2. The molecule has 1 aromatic rings. The Labute approximate surface area is 160 Å². The molecule has 4 rings (SSSR count). The number of rotatable bonds is 6. The van der Waals surface area contributed by atoms with Gasteiger partial charge in [0.15, 0.2) is 0 Å². The number of halogens is 1. The highest BCUT2D eigenvalue weighted by Crippen LogP contribution is 2.48.